The van der Waals surface area contributed by atoms with Gasteiger partial charge in [0, 0.05) is 19.6 Å². The first-order valence-electron chi connectivity index (χ1n) is 6.18. The fourth-order valence-corrected chi connectivity index (χ4v) is 2.69. The van der Waals surface area contributed by atoms with Crippen molar-refractivity contribution in [1.29, 1.82) is 5.41 Å². The molecule has 15 heavy (non-hydrogen) atoms. The molecule has 0 bridgehead atoms. The number of likely N-dealkylation sites (N-methyl/N-ethyl adjacent to an activating group) is 1. The first kappa shape index (κ1) is 10.9. The Morgan fingerprint density at radius 3 is 2.53 bits per heavy atom. The molecule has 1 unspecified atom stereocenters. The van der Waals surface area contributed by atoms with Crippen LogP contribution >= 0.6 is 0 Å². The van der Waals surface area contributed by atoms with Gasteiger partial charge in [-0.3, -0.25) is 5.41 Å². The van der Waals surface area contributed by atoms with E-state index in [0.717, 1.165) is 25.5 Å². The van der Waals surface area contributed by atoms with E-state index in [1.165, 1.54) is 32.1 Å². The Bertz CT molecular complexity index is 218. The first-order valence-corrected chi connectivity index (χ1v) is 6.18. The minimum absolute atomic E-state index is 0.458. The fourth-order valence-electron chi connectivity index (χ4n) is 2.69. The second-order valence-electron chi connectivity index (χ2n) is 4.85. The number of rotatable bonds is 2. The summed E-state index contributed by atoms with van der Waals surface area (Å²) in [4.78, 5) is 2.16. The molecule has 0 radical (unpaired) electrons. The monoisotopic (exact) mass is 210 g/mol. The van der Waals surface area contributed by atoms with Gasteiger partial charge >= 0.3 is 0 Å². The highest BCUT2D eigenvalue weighted by Crippen LogP contribution is 2.26. The van der Waals surface area contributed by atoms with Gasteiger partial charge in [0.25, 0.3) is 0 Å². The summed E-state index contributed by atoms with van der Waals surface area (Å²) in [5, 5.41) is 8.22. The Kier molecular flexibility index (Phi) is 3.62. The molecule has 3 heteroatoms. The lowest BCUT2D eigenvalue weighted by Gasteiger charge is -2.32. The van der Waals surface area contributed by atoms with E-state index in [9.17, 15) is 0 Å². The van der Waals surface area contributed by atoms with Crippen LogP contribution in [0.15, 0.2) is 0 Å². The van der Waals surface area contributed by atoms with Gasteiger partial charge in [-0.2, -0.15) is 0 Å². The maximum Gasteiger partial charge on any atom is 0.0990 e. The van der Waals surface area contributed by atoms with Crippen molar-refractivity contribution in [2.24, 2.45) is 5.92 Å². The molecular formula is C12H22N2O. The number of amidine groups is 1. The third-order valence-electron chi connectivity index (χ3n) is 3.83. The van der Waals surface area contributed by atoms with Crippen LogP contribution in [0.3, 0.4) is 0 Å². The van der Waals surface area contributed by atoms with Gasteiger partial charge in [0.05, 0.1) is 18.5 Å². The van der Waals surface area contributed by atoms with Crippen molar-refractivity contribution in [3.8, 4) is 0 Å². The molecule has 1 saturated carbocycles. The highest BCUT2D eigenvalue weighted by atomic mass is 16.5. The number of nitrogens with zero attached hydrogens (tertiary/aromatic N) is 1. The van der Waals surface area contributed by atoms with E-state index < -0.39 is 0 Å². The van der Waals surface area contributed by atoms with Crippen molar-refractivity contribution < 1.29 is 4.74 Å². The topological polar surface area (TPSA) is 36.3 Å². The third kappa shape index (κ3) is 2.51. The van der Waals surface area contributed by atoms with E-state index in [1.807, 2.05) is 0 Å². The molecule has 1 saturated heterocycles. The summed E-state index contributed by atoms with van der Waals surface area (Å²) in [5.41, 5.74) is 0. The average molecular weight is 210 g/mol. The molecule has 1 N–H and O–H groups in total. The maximum absolute atomic E-state index is 8.22. The summed E-state index contributed by atoms with van der Waals surface area (Å²) < 4.78 is 5.38. The molecule has 86 valence electrons. The van der Waals surface area contributed by atoms with Crippen LogP contribution in [0.2, 0.25) is 0 Å². The summed E-state index contributed by atoms with van der Waals surface area (Å²) in [7, 11) is 2.07. The standard InChI is InChI=1S/C12H22N2O/c1-14(11-7-8-15-9-11)12(13)10-5-3-2-4-6-10/h10-11,13H,2-9H2,1H3. The Morgan fingerprint density at radius 2 is 1.93 bits per heavy atom. The SMILES string of the molecule is CN(C(=N)C1CCCCC1)C1CCOC1. The van der Waals surface area contributed by atoms with E-state index >= 15 is 0 Å². The zero-order valence-electron chi connectivity index (χ0n) is 9.67. The van der Waals surface area contributed by atoms with Gasteiger partial charge in [0.2, 0.25) is 0 Å². The van der Waals surface area contributed by atoms with Gasteiger partial charge in [-0.1, -0.05) is 19.3 Å². The van der Waals surface area contributed by atoms with Crippen LogP contribution in [-0.2, 0) is 4.74 Å². The molecule has 2 rings (SSSR count). The van der Waals surface area contributed by atoms with E-state index in [1.54, 1.807) is 0 Å². The molecule has 3 nitrogen and oxygen atoms in total. The lowest BCUT2D eigenvalue weighted by molar-refractivity contribution is 0.177. The average Bonchev–Trinajstić information content (AvgIpc) is 2.82. The Morgan fingerprint density at radius 1 is 1.20 bits per heavy atom. The van der Waals surface area contributed by atoms with Gasteiger partial charge in [-0.15, -0.1) is 0 Å². The zero-order chi connectivity index (χ0) is 10.7. The first-order chi connectivity index (χ1) is 7.29. The number of hydrogen-bond acceptors (Lipinski definition) is 2. The lowest BCUT2D eigenvalue weighted by atomic mass is 9.87. The maximum atomic E-state index is 8.22. The van der Waals surface area contributed by atoms with E-state index in [-0.39, 0.29) is 0 Å². The van der Waals surface area contributed by atoms with Gasteiger partial charge in [0.1, 0.15) is 0 Å². The molecule has 1 aliphatic heterocycles. The minimum atomic E-state index is 0.458. The molecule has 1 atom stereocenters. The number of nitrogens with one attached hydrogen (secondary N) is 1. The molecule has 0 aromatic carbocycles. The third-order valence-corrected chi connectivity index (χ3v) is 3.83. The Labute approximate surface area is 92.3 Å². The summed E-state index contributed by atoms with van der Waals surface area (Å²) in [5.74, 6) is 1.37. The highest BCUT2D eigenvalue weighted by molar-refractivity contribution is 5.81. The second kappa shape index (κ2) is 4.97. The predicted molar refractivity (Wildman–Crippen MR) is 61.3 cm³/mol. The van der Waals surface area contributed by atoms with Crippen LogP contribution in [0.1, 0.15) is 38.5 Å². The smallest absolute Gasteiger partial charge is 0.0990 e. The summed E-state index contributed by atoms with van der Waals surface area (Å²) >= 11 is 0. The van der Waals surface area contributed by atoms with Gasteiger partial charge in [-0.25, -0.2) is 0 Å². The largest absolute Gasteiger partial charge is 0.379 e. The van der Waals surface area contributed by atoms with Crippen molar-refractivity contribution in [2.45, 2.75) is 44.6 Å². The molecule has 1 aliphatic carbocycles. The van der Waals surface area contributed by atoms with Crippen LogP contribution in [-0.4, -0.2) is 37.0 Å². The van der Waals surface area contributed by atoms with Gasteiger partial charge in [0.15, 0.2) is 0 Å². The van der Waals surface area contributed by atoms with Crippen LogP contribution in [0.4, 0.5) is 0 Å². The molecule has 0 aromatic rings. The van der Waals surface area contributed by atoms with Gasteiger partial charge in [-0.05, 0) is 19.3 Å². The molecule has 0 amide bonds. The highest BCUT2D eigenvalue weighted by Gasteiger charge is 2.27. The normalized spacial score (nSPS) is 27.9. The second-order valence-corrected chi connectivity index (χ2v) is 4.85. The number of hydrogen-bond donors (Lipinski definition) is 1. The fraction of sp³-hybridized carbons (Fsp3) is 0.917. The lowest BCUT2D eigenvalue weighted by Crippen LogP contribution is -2.41. The summed E-state index contributed by atoms with van der Waals surface area (Å²) in [6.07, 6.45) is 7.50. The summed E-state index contributed by atoms with van der Waals surface area (Å²) in [6, 6.07) is 0.458. The van der Waals surface area contributed by atoms with Crippen molar-refractivity contribution in [2.75, 3.05) is 20.3 Å². The quantitative estimate of drug-likeness (QED) is 0.560. The van der Waals surface area contributed by atoms with Crippen LogP contribution in [0, 0.1) is 11.3 Å². The van der Waals surface area contributed by atoms with Crippen molar-refractivity contribution in [3.05, 3.63) is 0 Å². The van der Waals surface area contributed by atoms with E-state index in [2.05, 4.69) is 11.9 Å². The Hall–Kier alpha value is -0.570. The van der Waals surface area contributed by atoms with E-state index in [0.29, 0.717) is 12.0 Å². The summed E-state index contributed by atoms with van der Waals surface area (Å²) in [6.45, 7) is 1.68. The molecule has 0 spiro atoms. The predicted octanol–water partition coefficient (Wildman–Crippen LogP) is 2.26. The van der Waals surface area contributed by atoms with Gasteiger partial charge < -0.3 is 9.64 Å². The molecular weight excluding hydrogens is 188 g/mol. The molecule has 2 fully saturated rings. The zero-order valence-corrected chi connectivity index (χ0v) is 9.67. The van der Waals surface area contributed by atoms with Crippen molar-refractivity contribution >= 4 is 5.84 Å². The van der Waals surface area contributed by atoms with E-state index in [4.69, 9.17) is 10.1 Å². The van der Waals surface area contributed by atoms with Crippen LogP contribution in [0.5, 0.6) is 0 Å². The van der Waals surface area contributed by atoms with Crippen LogP contribution in [0.25, 0.3) is 0 Å². The van der Waals surface area contributed by atoms with Crippen molar-refractivity contribution in [1.82, 2.24) is 4.90 Å². The molecule has 2 aliphatic rings. The molecule has 1 heterocycles. The number of ether oxygens (including phenoxy) is 1. The minimum Gasteiger partial charge on any atom is -0.379 e. The Balaban J connectivity index is 1.87. The van der Waals surface area contributed by atoms with Crippen LogP contribution < -0.4 is 0 Å². The van der Waals surface area contributed by atoms with Crippen molar-refractivity contribution in [3.63, 3.8) is 0 Å². The molecule has 0 aromatic heterocycles.